The number of hydrogen-bond acceptors (Lipinski definition) is 3. The summed E-state index contributed by atoms with van der Waals surface area (Å²) >= 11 is 5.75. The van der Waals surface area contributed by atoms with Crippen LogP contribution in [0, 0.1) is 11.3 Å². The van der Waals surface area contributed by atoms with E-state index < -0.39 is 5.92 Å². The van der Waals surface area contributed by atoms with Crippen molar-refractivity contribution in [3.8, 4) is 6.07 Å². The molecule has 0 radical (unpaired) electrons. The Balaban J connectivity index is 2.04. The fraction of sp³-hybridized carbons (Fsp3) is 0.250. The number of carbonyl (C=O) groups excluding carboxylic acids is 2. The number of amides is 2. The molecular weight excluding hydrogens is 350 g/mol. The maximum atomic E-state index is 12.5. The second kappa shape index (κ2) is 10.2. The van der Waals surface area contributed by atoms with Crippen LogP contribution >= 0.6 is 11.6 Å². The average molecular weight is 370 g/mol. The fourth-order valence-corrected chi connectivity index (χ4v) is 2.63. The predicted octanol–water partition coefficient (Wildman–Crippen LogP) is 2.97. The zero-order chi connectivity index (χ0) is 18.8. The zero-order valence-corrected chi connectivity index (χ0v) is 15.0. The van der Waals surface area contributed by atoms with Crippen LogP contribution in [0.5, 0.6) is 0 Å². The first-order valence-electron chi connectivity index (χ1n) is 8.28. The zero-order valence-electron chi connectivity index (χ0n) is 14.2. The lowest BCUT2D eigenvalue weighted by Gasteiger charge is -2.18. The summed E-state index contributed by atoms with van der Waals surface area (Å²) in [6.07, 6.45) is 0.243. The van der Waals surface area contributed by atoms with E-state index in [4.69, 9.17) is 16.9 Å². The molecule has 0 fully saturated rings. The molecule has 2 amide bonds. The van der Waals surface area contributed by atoms with Gasteiger partial charge in [0, 0.05) is 24.5 Å². The molecule has 0 spiro atoms. The van der Waals surface area contributed by atoms with Gasteiger partial charge in [0.2, 0.25) is 5.91 Å². The highest BCUT2D eigenvalue weighted by Gasteiger charge is 2.21. The van der Waals surface area contributed by atoms with E-state index in [0.29, 0.717) is 11.4 Å². The number of carbonyl (C=O) groups is 2. The lowest BCUT2D eigenvalue weighted by atomic mass is 9.98. The van der Waals surface area contributed by atoms with Crippen LogP contribution in [0.2, 0.25) is 0 Å². The molecule has 0 aliphatic heterocycles. The summed E-state index contributed by atoms with van der Waals surface area (Å²) in [4.78, 5) is 24.8. The lowest BCUT2D eigenvalue weighted by molar-refractivity contribution is -0.122. The van der Waals surface area contributed by atoms with Crippen LogP contribution < -0.4 is 10.6 Å². The van der Waals surface area contributed by atoms with Crippen molar-refractivity contribution < 1.29 is 9.59 Å². The number of alkyl halides is 1. The standard InChI is InChI=1S/C20H20ClN3O2/c21-13-15-7-9-17(10-8-15)19(25)24-14-18(16-5-2-1-3-6-16)20(26)23-12-4-11-22/h1-3,5-10,18H,4,12-14H2,(H,23,26)(H,24,25). The molecule has 5 nitrogen and oxygen atoms in total. The monoisotopic (exact) mass is 369 g/mol. The first kappa shape index (κ1) is 19.5. The summed E-state index contributed by atoms with van der Waals surface area (Å²) in [5, 5.41) is 14.1. The van der Waals surface area contributed by atoms with Crippen molar-refractivity contribution in [1.82, 2.24) is 10.6 Å². The van der Waals surface area contributed by atoms with Gasteiger partial charge in [0.05, 0.1) is 18.4 Å². The van der Waals surface area contributed by atoms with E-state index in [0.717, 1.165) is 11.1 Å². The Bertz CT molecular complexity index is 770. The minimum Gasteiger partial charge on any atom is -0.354 e. The number of halogens is 1. The molecule has 2 aromatic carbocycles. The van der Waals surface area contributed by atoms with E-state index in [-0.39, 0.29) is 31.3 Å². The van der Waals surface area contributed by atoms with E-state index in [2.05, 4.69) is 10.6 Å². The third-order valence-corrected chi connectivity index (χ3v) is 4.20. The number of nitrogens with zero attached hydrogens (tertiary/aromatic N) is 1. The summed E-state index contributed by atoms with van der Waals surface area (Å²) < 4.78 is 0. The average Bonchev–Trinajstić information content (AvgIpc) is 2.69. The first-order chi connectivity index (χ1) is 12.7. The van der Waals surface area contributed by atoms with Gasteiger partial charge in [-0.1, -0.05) is 42.5 Å². The second-order valence-electron chi connectivity index (χ2n) is 5.70. The van der Waals surface area contributed by atoms with Gasteiger partial charge in [0.1, 0.15) is 0 Å². The van der Waals surface area contributed by atoms with Gasteiger partial charge in [0.15, 0.2) is 0 Å². The molecule has 1 unspecified atom stereocenters. The largest absolute Gasteiger partial charge is 0.354 e. The van der Waals surface area contributed by atoms with Gasteiger partial charge in [0.25, 0.3) is 5.91 Å². The smallest absolute Gasteiger partial charge is 0.251 e. The molecular formula is C20H20ClN3O2. The number of rotatable bonds is 8. The molecule has 6 heteroatoms. The van der Waals surface area contributed by atoms with E-state index >= 15 is 0 Å². The number of nitrogens with one attached hydrogen (secondary N) is 2. The highest BCUT2D eigenvalue weighted by atomic mass is 35.5. The third kappa shape index (κ3) is 5.61. The van der Waals surface area contributed by atoms with Gasteiger partial charge < -0.3 is 10.6 Å². The van der Waals surface area contributed by atoms with Crippen molar-refractivity contribution in [2.75, 3.05) is 13.1 Å². The Labute approximate surface area is 158 Å². The van der Waals surface area contributed by atoms with Crippen LogP contribution in [-0.4, -0.2) is 24.9 Å². The Hall–Kier alpha value is -2.84. The Kier molecular flexibility index (Phi) is 7.66. The Morgan fingerprint density at radius 3 is 2.35 bits per heavy atom. The molecule has 0 heterocycles. The third-order valence-electron chi connectivity index (χ3n) is 3.89. The van der Waals surface area contributed by atoms with Crippen LogP contribution in [0.1, 0.15) is 33.8 Å². The molecule has 1 atom stereocenters. The maximum absolute atomic E-state index is 12.5. The fourth-order valence-electron chi connectivity index (χ4n) is 2.45. The van der Waals surface area contributed by atoms with Gasteiger partial charge in [-0.25, -0.2) is 0 Å². The minimum absolute atomic E-state index is 0.165. The highest BCUT2D eigenvalue weighted by Crippen LogP contribution is 2.15. The highest BCUT2D eigenvalue weighted by molar-refractivity contribution is 6.17. The van der Waals surface area contributed by atoms with Crippen molar-refractivity contribution in [2.24, 2.45) is 0 Å². The minimum atomic E-state index is -0.527. The van der Waals surface area contributed by atoms with Gasteiger partial charge in [-0.3, -0.25) is 9.59 Å². The van der Waals surface area contributed by atoms with Crippen LogP contribution in [0.3, 0.4) is 0 Å². The van der Waals surface area contributed by atoms with E-state index in [1.807, 2.05) is 36.4 Å². The molecule has 134 valence electrons. The summed E-state index contributed by atoms with van der Waals surface area (Å²) in [5.41, 5.74) is 2.25. The Morgan fingerprint density at radius 2 is 1.73 bits per heavy atom. The van der Waals surface area contributed by atoms with Gasteiger partial charge in [-0.15, -0.1) is 11.6 Å². The topological polar surface area (TPSA) is 82.0 Å². The molecule has 0 aliphatic carbocycles. The van der Waals surface area contributed by atoms with E-state index in [1.54, 1.807) is 24.3 Å². The predicted molar refractivity (Wildman–Crippen MR) is 101 cm³/mol. The Morgan fingerprint density at radius 1 is 1.04 bits per heavy atom. The van der Waals surface area contributed by atoms with Crippen molar-refractivity contribution >= 4 is 23.4 Å². The summed E-state index contributed by atoms with van der Waals surface area (Å²) in [6.45, 7) is 0.449. The van der Waals surface area contributed by atoms with Crippen molar-refractivity contribution in [2.45, 2.75) is 18.2 Å². The molecule has 2 N–H and O–H groups in total. The second-order valence-corrected chi connectivity index (χ2v) is 5.97. The molecule has 0 aromatic heterocycles. The molecule has 0 saturated heterocycles. The van der Waals surface area contributed by atoms with Crippen LogP contribution in [-0.2, 0) is 10.7 Å². The molecule has 0 saturated carbocycles. The quantitative estimate of drug-likeness (QED) is 0.554. The van der Waals surface area contributed by atoms with Crippen molar-refractivity contribution in [3.63, 3.8) is 0 Å². The molecule has 2 rings (SSSR count). The van der Waals surface area contributed by atoms with E-state index in [9.17, 15) is 9.59 Å². The van der Waals surface area contributed by atoms with Crippen LogP contribution in [0.4, 0.5) is 0 Å². The number of nitriles is 1. The van der Waals surface area contributed by atoms with Crippen molar-refractivity contribution in [3.05, 3.63) is 71.3 Å². The SMILES string of the molecule is N#CCCNC(=O)C(CNC(=O)c1ccc(CCl)cc1)c1ccccc1. The van der Waals surface area contributed by atoms with Crippen LogP contribution in [0.25, 0.3) is 0 Å². The van der Waals surface area contributed by atoms with Gasteiger partial charge >= 0.3 is 0 Å². The summed E-state index contributed by atoms with van der Waals surface area (Å²) in [6, 6.07) is 18.2. The summed E-state index contributed by atoms with van der Waals surface area (Å²) in [7, 11) is 0. The first-order valence-corrected chi connectivity index (χ1v) is 8.82. The van der Waals surface area contributed by atoms with Crippen LogP contribution in [0.15, 0.2) is 54.6 Å². The molecule has 0 aliphatic rings. The summed E-state index contributed by atoms with van der Waals surface area (Å²) in [5.74, 6) is -0.608. The molecule has 0 bridgehead atoms. The number of hydrogen-bond donors (Lipinski definition) is 2. The van der Waals surface area contributed by atoms with Gasteiger partial charge in [-0.05, 0) is 23.3 Å². The van der Waals surface area contributed by atoms with Gasteiger partial charge in [-0.2, -0.15) is 5.26 Å². The van der Waals surface area contributed by atoms with Crippen molar-refractivity contribution in [1.29, 1.82) is 5.26 Å². The number of benzene rings is 2. The normalized spacial score (nSPS) is 11.2. The lowest BCUT2D eigenvalue weighted by Crippen LogP contribution is -2.37. The van der Waals surface area contributed by atoms with E-state index in [1.165, 1.54) is 0 Å². The maximum Gasteiger partial charge on any atom is 0.251 e. The molecule has 26 heavy (non-hydrogen) atoms. The molecule has 2 aromatic rings.